The van der Waals surface area contributed by atoms with Gasteiger partial charge >= 0.3 is 5.97 Å². The van der Waals surface area contributed by atoms with Crippen LogP contribution in [0.15, 0.2) is 36.4 Å². The normalized spacial score (nSPS) is 10.3. The Morgan fingerprint density at radius 1 is 1.04 bits per heavy atom. The van der Waals surface area contributed by atoms with Crippen LogP contribution in [0, 0.1) is 20.8 Å². The first-order valence-electron chi connectivity index (χ1n) is 8.27. The summed E-state index contributed by atoms with van der Waals surface area (Å²) in [4.78, 5) is 23.7. The number of halogens is 1. The second-order valence-corrected chi connectivity index (χ2v) is 6.47. The van der Waals surface area contributed by atoms with Crippen molar-refractivity contribution in [3.05, 3.63) is 58.1 Å². The van der Waals surface area contributed by atoms with Crippen LogP contribution in [0.25, 0.3) is 0 Å². The van der Waals surface area contributed by atoms with E-state index in [9.17, 15) is 9.59 Å². The van der Waals surface area contributed by atoms with Crippen LogP contribution in [0.1, 0.15) is 23.1 Å². The van der Waals surface area contributed by atoms with Crippen molar-refractivity contribution in [2.24, 2.45) is 0 Å². The monoisotopic (exact) mass is 375 g/mol. The molecule has 2 aromatic carbocycles. The van der Waals surface area contributed by atoms with Crippen LogP contribution < -0.4 is 10.1 Å². The van der Waals surface area contributed by atoms with E-state index in [-0.39, 0.29) is 19.6 Å². The zero-order valence-corrected chi connectivity index (χ0v) is 15.9. The van der Waals surface area contributed by atoms with Gasteiger partial charge in [0.1, 0.15) is 5.75 Å². The minimum atomic E-state index is -0.501. The molecule has 2 rings (SSSR count). The van der Waals surface area contributed by atoms with Gasteiger partial charge in [-0.25, -0.2) is 0 Å². The van der Waals surface area contributed by atoms with E-state index in [1.807, 2.05) is 51.1 Å². The van der Waals surface area contributed by atoms with E-state index in [1.54, 1.807) is 6.07 Å². The molecule has 0 saturated heterocycles. The summed E-state index contributed by atoms with van der Waals surface area (Å²) in [6.07, 6.45) is 0.0610. The molecule has 5 nitrogen and oxygen atoms in total. The summed E-state index contributed by atoms with van der Waals surface area (Å²) in [5.41, 5.74) is 3.51. The third kappa shape index (κ3) is 6.08. The molecule has 0 heterocycles. The molecule has 138 valence electrons. The number of hydrogen-bond acceptors (Lipinski definition) is 4. The van der Waals surface area contributed by atoms with E-state index in [0.717, 1.165) is 16.7 Å². The molecule has 1 N–H and O–H groups in total. The summed E-state index contributed by atoms with van der Waals surface area (Å²) in [7, 11) is 0. The van der Waals surface area contributed by atoms with Crippen molar-refractivity contribution in [2.45, 2.75) is 27.2 Å². The average Bonchev–Trinajstić information content (AvgIpc) is 2.58. The smallest absolute Gasteiger partial charge is 0.309 e. The number of anilines is 1. The number of ether oxygens (including phenoxy) is 2. The number of esters is 1. The minimum Gasteiger partial charge on any atom is -0.493 e. The molecule has 6 heteroatoms. The van der Waals surface area contributed by atoms with Crippen molar-refractivity contribution in [3.8, 4) is 5.75 Å². The molecule has 1 amide bonds. The second-order valence-electron chi connectivity index (χ2n) is 6.06. The predicted molar refractivity (Wildman–Crippen MR) is 102 cm³/mol. The number of carbonyl (C=O) groups excluding carboxylic acids is 2. The summed E-state index contributed by atoms with van der Waals surface area (Å²) in [5, 5.41) is 3.12. The number of benzene rings is 2. The molecular formula is C20H22ClNO4. The highest BCUT2D eigenvalue weighted by Crippen LogP contribution is 2.27. The lowest BCUT2D eigenvalue weighted by atomic mass is 10.1. The molecule has 0 aliphatic rings. The van der Waals surface area contributed by atoms with Gasteiger partial charge in [-0.05, 0) is 50.1 Å². The van der Waals surface area contributed by atoms with Crippen molar-refractivity contribution in [3.63, 3.8) is 0 Å². The summed E-state index contributed by atoms with van der Waals surface area (Å²) in [6.45, 7) is 5.57. The fourth-order valence-corrected chi connectivity index (χ4v) is 2.72. The zero-order valence-electron chi connectivity index (χ0n) is 15.1. The Bertz CT molecular complexity index is 764. The third-order valence-electron chi connectivity index (χ3n) is 3.66. The van der Waals surface area contributed by atoms with Crippen molar-refractivity contribution >= 4 is 29.2 Å². The van der Waals surface area contributed by atoms with Gasteiger partial charge in [-0.2, -0.15) is 0 Å². The summed E-state index contributed by atoms with van der Waals surface area (Å²) in [6, 6.07) is 11.2. The molecule has 0 radical (unpaired) electrons. The van der Waals surface area contributed by atoms with Crippen molar-refractivity contribution in [2.75, 3.05) is 18.5 Å². The number of amides is 1. The number of carbonyl (C=O) groups is 2. The number of nitrogens with one attached hydrogen (secondary N) is 1. The number of hydrogen-bond donors (Lipinski definition) is 1. The van der Waals surface area contributed by atoms with E-state index in [1.165, 1.54) is 0 Å². The Morgan fingerprint density at radius 3 is 2.38 bits per heavy atom. The van der Waals surface area contributed by atoms with Gasteiger partial charge in [0.2, 0.25) is 0 Å². The molecule has 0 aromatic heterocycles. The van der Waals surface area contributed by atoms with Gasteiger partial charge in [0.05, 0.1) is 23.7 Å². The Morgan fingerprint density at radius 2 is 1.73 bits per heavy atom. The molecule has 0 fully saturated rings. The molecule has 0 aliphatic heterocycles. The molecule has 26 heavy (non-hydrogen) atoms. The van der Waals surface area contributed by atoms with Gasteiger partial charge in [0.15, 0.2) is 6.61 Å². The van der Waals surface area contributed by atoms with E-state index < -0.39 is 11.9 Å². The lowest BCUT2D eigenvalue weighted by molar-refractivity contribution is -0.147. The highest BCUT2D eigenvalue weighted by atomic mass is 35.5. The molecule has 0 atom stereocenters. The van der Waals surface area contributed by atoms with Gasteiger partial charge in [-0.15, -0.1) is 0 Å². The lowest BCUT2D eigenvalue weighted by Gasteiger charge is -2.12. The SMILES string of the molecule is Cc1ccc(OCCC(=O)OCC(=O)Nc2c(C)cc(C)cc2Cl)cc1. The van der Waals surface area contributed by atoms with Crippen LogP contribution in [0.2, 0.25) is 5.02 Å². The lowest BCUT2D eigenvalue weighted by Crippen LogP contribution is -2.22. The number of aryl methyl sites for hydroxylation is 3. The fourth-order valence-electron chi connectivity index (χ4n) is 2.35. The maximum Gasteiger partial charge on any atom is 0.309 e. The first-order chi connectivity index (χ1) is 12.3. The third-order valence-corrected chi connectivity index (χ3v) is 3.95. The van der Waals surface area contributed by atoms with Crippen molar-refractivity contribution in [1.29, 1.82) is 0 Å². The highest BCUT2D eigenvalue weighted by molar-refractivity contribution is 6.34. The van der Waals surface area contributed by atoms with Crippen LogP contribution in [0.3, 0.4) is 0 Å². The van der Waals surface area contributed by atoms with Gasteiger partial charge in [-0.3, -0.25) is 9.59 Å². The molecule has 0 spiro atoms. The molecular weight excluding hydrogens is 354 g/mol. The summed E-state index contributed by atoms with van der Waals surface area (Å²) in [5.74, 6) is -0.253. The minimum absolute atomic E-state index is 0.0610. The maximum atomic E-state index is 12.0. The van der Waals surface area contributed by atoms with Crippen molar-refractivity contribution < 1.29 is 19.1 Å². The Hall–Kier alpha value is -2.53. The van der Waals surface area contributed by atoms with Gasteiger partial charge in [-0.1, -0.05) is 35.4 Å². The Labute approximate surface area is 158 Å². The molecule has 0 aliphatic carbocycles. The summed E-state index contributed by atoms with van der Waals surface area (Å²) >= 11 is 6.14. The first kappa shape index (κ1) is 19.8. The van der Waals surface area contributed by atoms with E-state index in [2.05, 4.69) is 5.32 Å². The van der Waals surface area contributed by atoms with Crippen molar-refractivity contribution in [1.82, 2.24) is 0 Å². The standard InChI is InChI=1S/C20H22ClNO4/c1-13-4-6-16(7-5-13)25-9-8-19(24)26-12-18(23)22-20-15(3)10-14(2)11-17(20)21/h4-7,10-11H,8-9,12H2,1-3H3,(H,22,23). The van der Waals surface area contributed by atoms with Crippen LogP contribution in [0.4, 0.5) is 5.69 Å². The highest BCUT2D eigenvalue weighted by Gasteiger charge is 2.12. The fraction of sp³-hybridized carbons (Fsp3) is 0.300. The maximum absolute atomic E-state index is 12.0. The van der Waals surface area contributed by atoms with E-state index >= 15 is 0 Å². The van der Waals surface area contributed by atoms with Crippen LogP contribution in [-0.4, -0.2) is 25.1 Å². The predicted octanol–water partition coefficient (Wildman–Crippen LogP) is 4.22. The first-order valence-corrected chi connectivity index (χ1v) is 8.64. The van der Waals surface area contributed by atoms with Gasteiger partial charge < -0.3 is 14.8 Å². The van der Waals surface area contributed by atoms with Gasteiger partial charge in [0, 0.05) is 0 Å². The summed E-state index contributed by atoms with van der Waals surface area (Å²) < 4.78 is 10.4. The molecule has 0 bridgehead atoms. The quantitative estimate of drug-likeness (QED) is 0.736. The molecule has 2 aromatic rings. The Balaban J connectivity index is 1.73. The molecule has 0 unspecified atom stereocenters. The van der Waals surface area contributed by atoms with Gasteiger partial charge in [0.25, 0.3) is 5.91 Å². The number of rotatable bonds is 7. The van der Waals surface area contributed by atoms with E-state index in [0.29, 0.717) is 16.5 Å². The Kier molecular flexibility index (Phi) is 7.04. The van der Waals surface area contributed by atoms with Crippen LogP contribution in [0.5, 0.6) is 5.75 Å². The topological polar surface area (TPSA) is 64.6 Å². The largest absolute Gasteiger partial charge is 0.493 e. The molecule has 0 saturated carbocycles. The van der Waals surface area contributed by atoms with Crippen LogP contribution >= 0.6 is 11.6 Å². The second kappa shape index (κ2) is 9.25. The van der Waals surface area contributed by atoms with E-state index in [4.69, 9.17) is 21.1 Å². The average molecular weight is 376 g/mol. The zero-order chi connectivity index (χ0) is 19.1. The van der Waals surface area contributed by atoms with Crippen LogP contribution in [-0.2, 0) is 14.3 Å².